The van der Waals surface area contributed by atoms with E-state index >= 15 is 0 Å². The summed E-state index contributed by atoms with van der Waals surface area (Å²) in [4.78, 5) is 20.0. The molecule has 18 heavy (non-hydrogen) atoms. The Balaban J connectivity index is 1.80. The number of nitrogens with one attached hydrogen (secondary N) is 2. The van der Waals surface area contributed by atoms with Crippen molar-refractivity contribution in [2.75, 3.05) is 6.54 Å². The molecule has 0 bridgehead atoms. The highest BCUT2D eigenvalue weighted by Crippen LogP contribution is 2.01. The molecule has 2 rings (SSSR count). The van der Waals surface area contributed by atoms with Crippen molar-refractivity contribution in [3.05, 3.63) is 28.2 Å². The van der Waals surface area contributed by atoms with Crippen LogP contribution in [-0.4, -0.2) is 32.6 Å². The van der Waals surface area contributed by atoms with E-state index in [4.69, 9.17) is 0 Å². The number of aryl methyl sites for hydroxylation is 1. The predicted molar refractivity (Wildman–Crippen MR) is 68.5 cm³/mol. The molecule has 0 saturated heterocycles. The van der Waals surface area contributed by atoms with Crippen LogP contribution in [0.25, 0.3) is 0 Å². The number of thiazole rings is 1. The van der Waals surface area contributed by atoms with Crippen LogP contribution < -0.4 is 5.32 Å². The Morgan fingerprint density at radius 1 is 1.50 bits per heavy atom. The molecule has 0 fully saturated rings. The van der Waals surface area contributed by atoms with Crippen LogP contribution in [-0.2, 0) is 12.8 Å². The minimum absolute atomic E-state index is 0.205. The molecule has 0 saturated carbocycles. The molecule has 7 heteroatoms. The first kappa shape index (κ1) is 12.7. The molecule has 1 amide bonds. The summed E-state index contributed by atoms with van der Waals surface area (Å²) in [6.07, 6.45) is 2.50. The van der Waals surface area contributed by atoms with E-state index in [0.717, 1.165) is 30.8 Å². The summed E-state index contributed by atoms with van der Waals surface area (Å²) in [5.41, 5.74) is 2.77. The van der Waals surface area contributed by atoms with Gasteiger partial charge in [0.15, 0.2) is 0 Å². The SMILES string of the molecule is CCCc1nc(C(=O)NCCc2cscn2)n[nH]1. The Morgan fingerprint density at radius 2 is 2.39 bits per heavy atom. The molecule has 2 aromatic heterocycles. The van der Waals surface area contributed by atoms with Crippen molar-refractivity contribution in [2.24, 2.45) is 0 Å². The highest BCUT2D eigenvalue weighted by Gasteiger charge is 2.11. The van der Waals surface area contributed by atoms with Crippen molar-refractivity contribution in [2.45, 2.75) is 26.2 Å². The Bertz CT molecular complexity index is 493. The maximum Gasteiger partial charge on any atom is 0.290 e. The van der Waals surface area contributed by atoms with Gasteiger partial charge in [-0.25, -0.2) is 9.97 Å². The van der Waals surface area contributed by atoms with Crippen molar-refractivity contribution >= 4 is 17.2 Å². The van der Waals surface area contributed by atoms with Crippen molar-refractivity contribution in [3.8, 4) is 0 Å². The molecular weight excluding hydrogens is 250 g/mol. The maximum atomic E-state index is 11.7. The van der Waals surface area contributed by atoms with Gasteiger partial charge in [-0.2, -0.15) is 0 Å². The number of aromatic amines is 1. The molecule has 0 atom stereocenters. The number of H-pyrrole nitrogens is 1. The predicted octanol–water partition coefficient (Wildman–Crippen LogP) is 1.19. The minimum Gasteiger partial charge on any atom is -0.349 e. The molecule has 0 aliphatic heterocycles. The Hall–Kier alpha value is -1.76. The van der Waals surface area contributed by atoms with Crippen molar-refractivity contribution in [1.29, 1.82) is 0 Å². The van der Waals surface area contributed by atoms with Gasteiger partial charge in [-0.3, -0.25) is 9.89 Å². The van der Waals surface area contributed by atoms with E-state index in [9.17, 15) is 4.79 Å². The van der Waals surface area contributed by atoms with Gasteiger partial charge in [0.25, 0.3) is 5.91 Å². The lowest BCUT2D eigenvalue weighted by Gasteiger charge is -1.99. The monoisotopic (exact) mass is 265 g/mol. The van der Waals surface area contributed by atoms with Gasteiger partial charge in [-0.1, -0.05) is 6.92 Å². The fourth-order valence-corrected chi connectivity index (χ4v) is 2.08. The smallest absolute Gasteiger partial charge is 0.290 e. The lowest BCUT2D eigenvalue weighted by Crippen LogP contribution is -2.26. The van der Waals surface area contributed by atoms with Crippen molar-refractivity contribution in [3.63, 3.8) is 0 Å². The summed E-state index contributed by atoms with van der Waals surface area (Å²) in [7, 11) is 0. The molecule has 96 valence electrons. The van der Waals surface area contributed by atoms with E-state index in [2.05, 4.69) is 32.4 Å². The summed E-state index contributed by atoms with van der Waals surface area (Å²) >= 11 is 1.55. The van der Waals surface area contributed by atoms with Crippen LogP contribution in [0.3, 0.4) is 0 Å². The molecule has 0 aliphatic rings. The normalized spacial score (nSPS) is 10.5. The Kier molecular flexibility index (Phi) is 4.40. The lowest BCUT2D eigenvalue weighted by molar-refractivity contribution is 0.0944. The van der Waals surface area contributed by atoms with E-state index < -0.39 is 0 Å². The molecule has 0 spiro atoms. The number of hydrogen-bond acceptors (Lipinski definition) is 5. The quantitative estimate of drug-likeness (QED) is 0.821. The van der Waals surface area contributed by atoms with Crippen molar-refractivity contribution in [1.82, 2.24) is 25.5 Å². The fourth-order valence-electron chi connectivity index (χ4n) is 1.49. The van der Waals surface area contributed by atoms with Crippen molar-refractivity contribution < 1.29 is 4.79 Å². The number of hydrogen-bond donors (Lipinski definition) is 2. The van der Waals surface area contributed by atoms with Gasteiger partial charge in [0.1, 0.15) is 5.82 Å². The standard InChI is InChI=1S/C11H15N5OS/c1-2-3-9-14-10(16-15-9)11(17)12-5-4-8-6-18-7-13-8/h6-7H,2-5H2,1H3,(H,12,17)(H,14,15,16). The topological polar surface area (TPSA) is 83.6 Å². The van der Waals surface area contributed by atoms with Crippen LogP contribution in [0.4, 0.5) is 0 Å². The molecule has 2 heterocycles. The molecule has 2 N–H and O–H groups in total. The average Bonchev–Trinajstić information content (AvgIpc) is 3.00. The van der Waals surface area contributed by atoms with Gasteiger partial charge in [-0.05, 0) is 6.42 Å². The van der Waals surface area contributed by atoms with Gasteiger partial charge in [0, 0.05) is 24.8 Å². The lowest BCUT2D eigenvalue weighted by atomic mass is 10.3. The highest BCUT2D eigenvalue weighted by molar-refractivity contribution is 7.07. The third-order valence-corrected chi connectivity index (χ3v) is 3.01. The molecule has 0 aromatic carbocycles. The second kappa shape index (κ2) is 6.25. The van der Waals surface area contributed by atoms with E-state index in [0.29, 0.717) is 6.54 Å². The molecule has 0 unspecified atom stereocenters. The van der Waals surface area contributed by atoms with Gasteiger partial charge >= 0.3 is 0 Å². The maximum absolute atomic E-state index is 11.7. The summed E-state index contributed by atoms with van der Waals surface area (Å²) in [5, 5.41) is 11.4. The second-order valence-corrected chi connectivity index (χ2v) is 4.56. The third-order valence-electron chi connectivity index (χ3n) is 2.37. The van der Waals surface area contributed by atoms with E-state index in [-0.39, 0.29) is 11.7 Å². The first-order chi connectivity index (χ1) is 8.79. The summed E-state index contributed by atoms with van der Waals surface area (Å²) in [6.45, 7) is 2.59. The van der Waals surface area contributed by atoms with Gasteiger partial charge in [0.2, 0.25) is 5.82 Å². The highest BCUT2D eigenvalue weighted by atomic mass is 32.1. The molecule has 0 radical (unpaired) electrons. The largest absolute Gasteiger partial charge is 0.349 e. The van der Waals surface area contributed by atoms with E-state index in [1.807, 2.05) is 5.38 Å². The van der Waals surface area contributed by atoms with Crippen LogP contribution in [0.1, 0.15) is 35.5 Å². The van der Waals surface area contributed by atoms with Crippen LogP contribution in [0.5, 0.6) is 0 Å². The number of aromatic nitrogens is 4. The minimum atomic E-state index is -0.246. The second-order valence-electron chi connectivity index (χ2n) is 3.84. The summed E-state index contributed by atoms with van der Waals surface area (Å²) in [6, 6.07) is 0. The summed E-state index contributed by atoms with van der Waals surface area (Å²) in [5.74, 6) is 0.711. The zero-order chi connectivity index (χ0) is 12.8. The zero-order valence-corrected chi connectivity index (χ0v) is 11.0. The van der Waals surface area contributed by atoms with Crippen LogP contribution >= 0.6 is 11.3 Å². The number of rotatable bonds is 6. The van der Waals surface area contributed by atoms with Gasteiger partial charge in [0.05, 0.1) is 11.2 Å². The van der Waals surface area contributed by atoms with Gasteiger partial charge < -0.3 is 5.32 Å². The third kappa shape index (κ3) is 3.36. The van der Waals surface area contributed by atoms with E-state index in [1.54, 1.807) is 16.8 Å². The Morgan fingerprint density at radius 3 is 3.11 bits per heavy atom. The molecule has 2 aromatic rings. The number of carbonyl (C=O) groups is 1. The van der Waals surface area contributed by atoms with E-state index in [1.165, 1.54) is 0 Å². The van der Waals surface area contributed by atoms with Crippen LogP contribution in [0, 0.1) is 0 Å². The molecular formula is C11H15N5OS. The Labute approximate surface area is 109 Å². The fraction of sp³-hybridized carbons (Fsp3) is 0.455. The van der Waals surface area contributed by atoms with Crippen LogP contribution in [0.15, 0.2) is 10.9 Å². The average molecular weight is 265 g/mol. The first-order valence-corrected chi connectivity index (χ1v) is 6.80. The molecule has 6 nitrogen and oxygen atoms in total. The number of carbonyl (C=O) groups excluding carboxylic acids is 1. The number of amides is 1. The molecule has 0 aliphatic carbocycles. The first-order valence-electron chi connectivity index (χ1n) is 5.86. The number of nitrogens with zero attached hydrogens (tertiary/aromatic N) is 3. The van der Waals surface area contributed by atoms with Crippen LogP contribution in [0.2, 0.25) is 0 Å². The summed E-state index contributed by atoms with van der Waals surface area (Å²) < 4.78 is 0. The van der Waals surface area contributed by atoms with Gasteiger partial charge in [-0.15, -0.1) is 16.4 Å². The zero-order valence-electron chi connectivity index (χ0n) is 10.1.